The minimum absolute atomic E-state index is 0. The highest BCUT2D eigenvalue weighted by atomic mass is 32.1. The summed E-state index contributed by atoms with van der Waals surface area (Å²) in [7, 11) is 1.73. The first-order valence-corrected chi connectivity index (χ1v) is 24.4. The van der Waals surface area contributed by atoms with Crippen LogP contribution >= 0.6 is 67.5 Å². The van der Waals surface area contributed by atoms with Crippen LogP contribution in [-0.4, -0.2) is 139 Å². The third kappa shape index (κ3) is 13.1. The number of piperazine rings is 1. The quantitative estimate of drug-likeness (QED) is 0.207. The number of amides is 3. The number of likely N-dealkylation sites (tertiary alicyclic amines) is 1. The molecule has 6 bridgehead atoms. The summed E-state index contributed by atoms with van der Waals surface area (Å²) in [5, 5.41) is 5.70. The summed E-state index contributed by atoms with van der Waals surface area (Å²) in [5.41, 5.74) is 11.8. The highest BCUT2D eigenvalue weighted by molar-refractivity contribution is 7.60. The fourth-order valence-electron chi connectivity index (χ4n) is 10.9. The van der Waals surface area contributed by atoms with Crippen molar-refractivity contribution in [1.82, 2.24) is 35.1 Å². The Morgan fingerprint density at radius 1 is 0.944 bits per heavy atom. The van der Waals surface area contributed by atoms with Gasteiger partial charge in [-0.15, -0.1) is 0 Å². The van der Waals surface area contributed by atoms with Gasteiger partial charge in [0.25, 0.3) is 5.91 Å². The van der Waals surface area contributed by atoms with Crippen LogP contribution in [0.3, 0.4) is 0 Å². The number of carbonyl (C=O) groups excluding carboxylic acids is 4. The minimum atomic E-state index is -0.918. The third-order valence-corrected chi connectivity index (χ3v) is 14.7. The number of anilines is 1. The van der Waals surface area contributed by atoms with Crippen molar-refractivity contribution in [3.05, 3.63) is 71.5 Å². The van der Waals surface area contributed by atoms with E-state index in [9.17, 15) is 19.2 Å². The number of benzene rings is 2. The molecule has 72 heavy (non-hydrogen) atoms. The Hall–Kier alpha value is -3.60. The minimum Gasteiger partial charge on any atom is -0.464 e. The normalized spacial score (nSPS) is 22.7. The molecule has 4 fully saturated rings. The van der Waals surface area contributed by atoms with Gasteiger partial charge in [0.05, 0.1) is 61.2 Å². The zero-order valence-electron chi connectivity index (χ0n) is 42.6. The van der Waals surface area contributed by atoms with Crippen LogP contribution in [-0.2, 0) is 52.8 Å². The Bertz CT molecular complexity index is 2530. The maximum absolute atomic E-state index is 14.5. The van der Waals surface area contributed by atoms with E-state index in [0.29, 0.717) is 64.3 Å². The zero-order valence-corrected chi connectivity index (χ0v) is 47.6. The topological polar surface area (TPSA) is 151 Å². The van der Waals surface area contributed by atoms with Gasteiger partial charge in [0.1, 0.15) is 12.1 Å². The molecule has 3 amide bonds. The van der Waals surface area contributed by atoms with Crippen LogP contribution in [0.1, 0.15) is 83.2 Å². The Morgan fingerprint density at radius 3 is 2.46 bits per heavy atom. The molecule has 15 nitrogen and oxygen atoms in total. The number of aryl methyl sites for hydroxylation is 1. The molecule has 7 heterocycles. The maximum atomic E-state index is 14.5. The Morgan fingerprint density at radius 2 is 1.71 bits per heavy atom. The van der Waals surface area contributed by atoms with Gasteiger partial charge < -0.3 is 33.9 Å². The predicted molar refractivity (Wildman–Crippen MR) is 309 cm³/mol. The van der Waals surface area contributed by atoms with E-state index in [0.717, 1.165) is 95.2 Å². The number of hydrogen-bond acceptors (Lipinski definition) is 11. The fraction of sp³-hybridized carbons (Fsp3) is 0.558. The lowest BCUT2D eigenvalue weighted by molar-refractivity contribution is -0.155. The van der Waals surface area contributed by atoms with Crippen LogP contribution in [0, 0.1) is 11.3 Å². The zero-order chi connectivity index (χ0) is 47.0. The first-order valence-electron chi connectivity index (χ1n) is 24.4. The molecule has 2 aromatic carbocycles. The van der Waals surface area contributed by atoms with Gasteiger partial charge in [-0.1, -0.05) is 44.2 Å². The van der Waals surface area contributed by atoms with Crippen molar-refractivity contribution in [1.29, 1.82) is 0 Å². The van der Waals surface area contributed by atoms with Crippen molar-refractivity contribution in [3.63, 3.8) is 0 Å². The summed E-state index contributed by atoms with van der Waals surface area (Å²) < 4.78 is 20.5. The maximum Gasteiger partial charge on any atom is 0.324 e. The van der Waals surface area contributed by atoms with Gasteiger partial charge in [0.15, 0.2) is 0 Å². The molecule has 5 aliphatic rings. The number of pyridine rings is 1. The average molecular weight is 1090 g/mol. The molecule has 5 aliphatic heterocycles. The van der Waals surface area contributed by atoms with E-state index in [1.165, 1.54) is 11.9 Å². The van der Waals surface area contributed by atoms with Crippen molar-refractivity contribution in [2.45, 2.75) is 104 Å². The number of methoxy groups -OCH3 is 1. The van der Waals surface area contributed by atoms with Gasteiger partial charge in [-0.2, -0.15) is 67.5 Å². The Balaban J connectivity index is 0.00000225. The molecule has 5 atom stereocenters. The van der Waals surface area contributed by atoms with Crippen LogP contribution < -0.4 is 15.6 Å². The summed E-state index contributed by atoms with van der Waals surface area (Å²) in [6.45, 7) is 17.4. The lowest BCUT2D eigenvalue weighted by Gasteiger charge is -2.44. The van der Waals surface area contributed by atoms with Gasteiger partial charge in [-0.25, -0.2) is 5.43 Å². The van der Waals surface area contributed by atoms with Crippen molar-refractivity contribution in [3.8, 4) is 22.4 Å². The molecule has 9 rings (SSSR count). The molecule has 0 unspecified atom stereocenters. The largest absolute Gasteiger partial charge is 0.464 e. The van der Waals surface area contributed by atoms with Crippen molar-refractivity contribution >= 4 is 108 Å². The lowest BCUT2D eigenvalue weighted by Crippen LogP contribution is -2.61. The molecule has 2 aromatic heterocycles. The smallest absolute Gasteiger partial charge is 0.324 e. The molecule has 0 radical (unpaired) electrons. The SMILES string of the molecule is CCn1c(-c2cc(N3CCN4CCOC[C@@H]4C3)cnc2[C@H](C)OC)c2c3cc(ccc31)-c1cccc(c1)C[C@H](NC(=O)[C@H]1CCCN(C(C)=O)C1)C(=O)N1CCC[C@H](N1)C(=O)OCC(C)(C)C2.S.S.S.S.S. The van der Waals surface area contributed by atoms with Crippen molar-refractivity contribution < 1.29 is 33.4 Å². The number of piperidine rings is 1. The van der Waals surface area contributed by atoms with Gasteiger partial charge >= 0.3 is 5.97 Å². The Labute approximate surface area is 460 Å². The van der Waals surface area contributed by atoms with E-state index in [2.05, 4.69) is 82.3 Å². The van der Waals surface area contributed by atoms with E-state index in [1.807, 2.05) is 25.3 Å². The number of cyclic esters (lactones) is 1. The highest BCUT2D eigenvalue weighted by Crippen LogP contribution is 2.43. The lowest BCUT2D eigenvalue weighted by atomic mass is 9.84. The second-order valence-corrected chi connectivity index (χ2v) is 20.1. The molecule has 0 aliphatic carbocycles. The van der Waals surface area contributed by atoms with Crippen LogP contribution in [0.5, 0.6) is 0 Å². The number of carbonyl (C=O) groups is 4. The first-order chi connectivity index (χ1) is 32.3. The van der Waals surface area contributed by atoms with Crippen LogP contribution in [0.15, 0.2) is 54.7 Å². The number of ether oxygens (including phenoxy) is 3. The van der Waals surface area contributed by atoms with E-state index >= 15 is 0 Å². The third-order valence-electron chi connectivity index (χ3n) is 14.7. The van der Waals surface area contributed by atoms with Crippen molar-refractivity contribution in [2.24, 2.45) is 11.3 Å². The summed E-state index contributed by atoms with van der Waals surface area (Å²) in [4.78, 5) is 66.7. The summed E-state index contributed by atoms with van der Waals surface area (Å²) in [6, 6.07) is 15.8. The van der Waals surface area contributed by atoms with Gasteiger partial charge in [0, 0.05) is 94.7 Å². The second kappa shape index (κ2) is 26.2. The number of nitrogens with one attached hydrogen (secondary N) is 2. The number of morpholine rings is 1. The van der Waals surface area contributed by atoms with E-state index in [1.54, 1.807) is 12.0 Å². The van der Waals surface area contributed by atoms with Gasteiger partial charge in [0.2, 0.25) is 11.8 Å². The highest BCUT2D eigenvalue weighted by Gasteiger charge is 2.38. The van der Waals surface area contributed by atoms with E-state index in [-0.39, 0.29) is 104 Å². The van der Waals surface area contributed by atoms with Crippen molar-refractivity contribution in [2.75, 3.05) is 77.6 Å². The fourth-order valence-corrected chi connectivity index (χ4v) is 10.9. The molecule has 4 saturated heterocycles. The number of hydrazine groups is 1. The predicted octanol–water partition coefficient (Wildman–Crippen LogP) is 6.09. The van der Waals surface area contributed by atoms with Crippen LogP contribution in [0.2, 0.25) is 0 Å². The van der Waals surface area contributed by atoms with Crippen LogP contribution in [0.25, 0.3) is 33.3 Å². The molecular formula is C52H78N8O7S5. The van der Waals surface area contributed by atoms with E-state index < -0.39 is 29.4 Å². The monoisotopic (exact) mass is 1090 g/mol. The van der Waals surface area contributed by atoms with Gasteiger partial charge in [-0.05, 0) is 86.4 Å². The number of fused-ring (bicyclic) bond motifs is 7. The number of hydrogen-bond donors (Lipinski definition) is 2. The van der Waals surface area contributed by atoms with Gasteiger partial charge in [-0.3, -0.25) is 34.1 Å². The average Bonchev–Trinajstić information content (AvgIpc) is 3.65. The molecule has 0 saturated carbocycles. The standard InChI is InChI=1S/C52H68N8O7.5H2S/c1-7-59-46-16-15-37-25-41(46)43(48(59)42-26-39(28-53-47(42)33(2)65-6)58-20-19-56-21-22-66-31-40(56)30-58)27-52(4,5)32-67-51(64)44-14-10-18-60(55-44)50(63)45(24-35-11-8-12-36(37)23-35)54-49(62)38-13-9-17-57(29-38)34(3)61;;;;;/h8,11-12,15-16,23,25-26,28,33,38,40,44-45,55H,7,9-10,13-14,17-22,24,27,29-32H2,1-6H3,(H,54,62);5*1H2/t33-,38-,40-,44-,45-;;;;;/m0...../s1. The number of esters is 1. The number of aromatic nitrogens is 2. The molecule has 2 N–H and O–H groups in total. The number of nitrogens with zero attached hydrogens (tertiary/aromatic N) is 6. The summed E-state index contributed by atoms with van der Waals surface area (Å²) in [6.07, 6.45) is 5.00. The summed E-state index contributed by atoms with van der Waals surface area (Å²) >= 11 is 0. The molecular weight excluding hydrogens is 1010 g/mol. The Kier molecular flexibility index (Phi) is 22.2. The van der Waals surface area contributed by atoms with E-state index in [4.69, 9.17) is 19.2 Å². The second-order valence-electron chi connectivity index (χ2n) is 20.1. The molecule has 398 valence electrons. The summed E-state index contributed by atoms with van der Waals surface area (Å²) in [5.74, 6) is -1.48. The van der Waals surface area contributed by atoms with Crippen LogP contribution in [0.4, 0.5) is 5.69 Å². The molecule has 4 aromatic rings. The molecule has 20 heteroatoms. The number of rotatable bonds is 7. The first kappa shape index (κ1) is 61.0. The molecule has 0 spiro atoms.